The summed E-state index contributed by atoms with van der Waals surface area (Å²) in [5.74, 6) is 0.599. The molecule has 1 aliphatic carbocycles. The Morgan fingerprint density at radius 3 is 2.50 bits per heavy atom. The van der Waals surface area contributed by atoms with E-state index in [-0.39, 0.29) is 11.9 Å². The molecule has 1 saturated carbocycles. The van der Waals surface area contributed by atoms with E-state index in [2.05, 4.69) is 31.2 Å². The van der Waals surface area contributed by atoms with Crippen LogP contribution in [0.4, 0.5) is 0 Å². The molecule has 0 bridgehead atoms. The molecule has 2 atom stereocenters. The summed E-state index contributed by atoms with van der Waals surface area (Å²) in [7, 11) is 1.49. The molecule has 22 heavy (non-hydrogen) atoms. The number of aryl methyl sites for hydroxylation is 1. The summed E-state index contributed by atoms with van der Waals surface area (Å²) in [4.78, 5) is 11.6. The van der Waals surface area contributed by atoms with E-state index < -0.39 is 0 Å². The molecule has 0 radical (unpaired) electrons. The molecular weight excluding hydrogens is 272 g/mol. The fraction of sp³-hybridized carbons (Fsp3) is 0.650. The second kappa shape index (κ2) is 8.97. The molecule has 1 aromatic rings. The Kier molecular flexibility index (Phi) is 6.95. The van der Waals surface area contributed by atoms with E-state index in [9.17, 15) is 4.79 Å². The van der Waals surface area contributed by atoms with E-state index in [0.717, 1.165) is 19.3 Å². The Bertz CT molecular complexity index is 449. The zero-order chi connectivity index (χ0) is 15.8. The first-order valence-electron chi connectivity index (χ1n) is 8.91. The monoisotopic (exact) mass is 302 g/mol. The minimum atomic E-state index is -0.0359. The van der Waals surface area contributed by atoms with Crippen molar-refractivity contribution in [2.24, 2.45) is 5.92 Å². The van der Waals surface area contributed by atoms with Crippen LogP contribution in [0.3, 0.4) is 0 Å². The normalized spacial score (nSPS) is 21.0. The second-order valence-electron chi connectivity index (χ2n) is 6.64. The first kappa shape index (κ1) is 17.1. The molecule has 1 aliphatic rings. The van der Waals surface area contributed by atoms with Gasteiger partial charge in [0.1, 0.15) is 0 Å². The topological polar surface area (TPSA) is 26.3 Å². The van der Waals surface area contributed by atoms with Gasteiger partial charge in [-0.15, -0.1) is 0 Å². The van der Waals surface area contributed by atoms with Crippen LogP contribution in [-0.4, -0.2) is 13.1 Å². The molecule has 0 N–H and O–H groups in total. The third kappa shape index (κ3) is 4.86. The van der Waals surface area contributed by atoms with Gasteiger partial charge in [-0.2, -0.15) is 0 Å². The van der Waals surface area contributed by atoms with Crippen LogP contribution in [-0.2, 0) is 16.0 Å². The maximum absolute atomic E-state index is 11.6. The van der Waals surface area contributed by atoms with Crippen LogP contribution in [0, 0.1) is 5.92 Å². The van der Waals surface area contributed by atoms with Gasteiger partial charge in [-0.05, 0) is 49.1 Å². The molecule has 0 aliphatic heterocycles. The average molecular weight is 302 g/mol. The number of rotatable bonds is 8. The third-order valence-electron chi connectivity index (χ3n) is 4.99. The number of methoxy groups -OCH3 is 1. The molecule has 0 heterocycles. The van der Waals surface area contributed by atoms with Gasteiger partial charge >= 0.3 is 5.97 Å². The molecule has 0 saturated heterocycles. The molecule has 0 amide bonds. The summed E-state index contributed by atoms with van der Waals surface area (Å²) in [5.41, 5.74) is 2.84. The SMILES string of the molecule is CCCCCCCc1ccc(C2CCC(C(=O)OC)C2)cc1. The number of hydrogen-bond acceptors (Lipinski definition) is 2. The molecule has 1 fully saturated rings. The summed E-state index contributed by atoms with van der Waals surface area (Å²) in [6.45, 7) is 2.26. The van der Waals surface area contributed by atoms with Gasteiger partial charge in [0, 0.05) is 0 Å². The molecule has 1 aromatic carbocycles. The van der Waals surface area contributed by atoms with E-state index in [0.29, 0.717) is 5.92 Å². The van der Waals surface area contributed by atoms with E-state index in [4.69, 9.17) is 4.74 Å². The van der Waals surface area contributed by atoms with Crippen molar-refractivity contribution in [3.8, 4) is 0 Å². The number of ether oxygens (including phenoxy) is 1. The Morgan fingerprint density at radius 1 is 1.09 bits per heavy atom. The van der Waals surface area contributed by atoms with Crippen LogP contribution in [0.2, 0.25) is 0 Å². The highest BCUT2D eigenvalue weighted by Crippen LogP contribution is 2.38. The zero-order valence-corrected chi connectivity index (χ0v) is 14.1. The average Bonchev–Trinajstić information content (AvgIpc) is 3.04. The predicted molar refractivity (Wildman–Crippen MR) is 91.0 cm³/mol. The summed E-state index contributed by atoms with van der Waals surface area (Å²) in [6, 6.07) is 9.10. The van der Waals surface area contributed by atoms with Crippen molar-refractivity contribution in [2.45, 2.75) is 70.6 Å². The molecule has 0 spiro atoms. The predicted octanol–water partition coefficient (Wildman–Crippen LogP) is 5.26. The van der Waals surface area contributed by atoms with Gasteiger partial charge in [0.2, 0.25) is 0 Å². The van der Waals surface area contributed by atoms with E-state index in [1.54, 1.807) is 0 Å². The number of benzene rings is 1. The fourth-order valence-electron chi connectivity index (χ4n) is 3.55. The van der Waals surface area contributed by atoms with Gasteiger partial charge in [-0.25, -0.2) is 0 Å². The highest BCUT2D eigenvalue weighted by atomic mass is 16.5. The van der Waals surface area contributed by atoms with Crippen LogP contribution in [0.15, 0.2) is 24.3 Å². The van der Waals surface area contributed by atoms with E-state index in [1.807, 2.05) is 0 Å². The van der Waals surface area contributed by atoms with Crippen LogP contribution >= 0.6 is 0 Å². The maximum Gasteiger partial charge on any atom is 0.308 e. The summed E-state index contributed by atoms with van der Waals surface area (Å²) in [5, 5.41) is 0. The lowest BCUT2D eigenvalue weighted by molar-refractivity contribution is -0.145. The molecule has 122 valence electrons. The zero-order valence-electron chi connectivity index (χ0n) is 14.1. The highest BCUT2D eigenvalue weighted by molar-refractivity contribution is 5.72. The van der Waals surface area contributed by atoms with Crippen molar-refractivity contribution in [1.82, 2.24) is 0 Å². The molecule has 0 aromatic heterocycles. The van der Waals surface area contributed by atoms with Gasteiger partial charge < -0.3 is 4.74 Å². The number of carbonyl (C=O) groups excluding carboxylic acids is 1. The van der Waals surface area contributed by atoms with Crippen LogP contribution < -0.4 is 0 Å². The molecule has 2 unspecified atom stereocenters. The second-order valence-corrected chi connectivity index (χ2v) is 6.64. The first-order chi connectivity index (χ1) is 10.7. The quantitative estimate of drug-likeness (QED) is 0.484. The maximum atomic E-state index is 11.6. The van der Waals surface area contributed by atoms with Gasteiger partial charge in [0.05, 0.1) is 13.0 Å². The number of unbranched alkanes of at least 4 members (excludes halogenated alkanes) is 4. The smallest absolute Gasteiger partial charge is 0.308 e. The molecule has 2 rings (SSSR count). The standard InChI is InChI=1S/C20H30O2/c1-3-4-5-6-7-8-16-9-11-17(12-10-16)18-13-14-19(15-18)20(21)22-2/h9-12,18-19H,3-8,13-15H2,1-2H3. The lowest BCUT2D eigenvalue weighted by Gasteiger charge is -2.11. The van der Waals surface area contributed by atoms with Gasteiger partial charge in [0.25, 0.3) is 0 Å². The van der Waals surface area contributed by atoms with E-state index >= 15 is 0 Å². The Morgan fingerprint density at radius 2 is 1.82 bits per heavy atom. The fourth-order valence-corrected chi connectivity index (χ4v) is 3.55. The van der Waals surface area contributed by atoms with E-state index in [1.165, 1.54) is 56.8 Å². The van der Waals surface area contributed by atoms with Crippen molar-refractivity contribution in [1.29, 1.82) is 0 Å². The molecule has 2 heteroatoms. The summed E-state index contributed by atoms with van der Waals surface area (Å²) < 4.78 is 4.87. The molecular formula is C20H30O2. The van der Waals surface area contributed by atoms with Gasteiger partial charge in [0.15, 0.2) is 0 Å². The largest absolute Gasteiger partial charge is 0.469 e. The minimum absolute atomic E-state index is 0.0359. The minimum Gasteiger partial charge on any atom is -0.469 e. The number of hydrogen-bond donors (Lipinski definition) is 0. The summed E-state index contributed by atoms with van der Waals surface area (Å²) in [6.07, 6.45) is 10.9. The number of carbonyl (C=O) groups is 1. The Labute approximate surface area is 135 Å². The van der Waals surface area contributed by atoms with Crippen LogP contribution in [0.1, 0.15) is 75.3 Å². The van der Waals surface area contributed by atoms with Crippen LogP contribution in [0.5, 0.6) is 0 Å². The highest BCUT2D eigenvalue weighted by Gasteiger charge is 2.31. The lowest BCUT2D eigenvalue weighted by Crippen LogP contribution is -2.12. The Hall–Kier alpha value is -1.31. The number of esters is 1. The van der Waals surface area contributed by atoms with Crippen molar-refractivity contribution in [3.63, 3.8) is 0 Å². The molecule has 2 nitrogen and oxygen atoms in total. The van der Waals surface area contributed by atoms with Crippen LogP contribution in [0.25, 0.3) is 0 Å². The first-order valence-corrected chi connectivity index (χ1v) is 8.91. The Balaban J connectivity index is 1.78. The summed E-state index contributed by atoms with van der Waals surface area (Å²) >= 11 is 0. The van der Waals surface area contributed by atoms with Crippen molar-refractivity contribution >= 4 is 5.97 Å². The lowest BCUT2D eigenvalue weighted by atomic mass is 9.94. The van der Waals surface area contributed by atoms with Crippen molar-refractivity contribution < 1.29 is 9.53 Å². The third-order valence-corrected chi connectivity index (χ3v) is 4.99. The van der Waals surface area contributed by atoms with Gasteiger partial charge in [-0.1, -0.05) is 56.9 Å². The van der Waals surface area contributed by atoms with Crippen molar-refractivity contribution in [3.05, 3.63) is 35.4 Å². The van der Waals surface area contributed by atoms with Gasteiger partial charge in [-0.3, -0.25) is 4.79 Å². The van der Waals surface area contributed by atoms with Crippen molar-refractivity contribution in [2.75, 3.05) is 7.11 Å².